The smallest absolute Gasteiger partial charge is 0.164 e. The van der Waals surface area contributed by atoms with Gasteiger partial charge in [-0.25, -0.2) is 4.98 Å². The molecule has 6 nitrogen and oxygen atoms in total. The van der Waals surface area contributed by atoms with Gasteiger partial charge in [-0.1, -0.05) is 23.9 Å². The maximum Gasteiger partial charge on any atom is 0.164 e. The maximum absolute atomic E-state index is 6.37. The highest BCUT2D eigenvalue weighted by Gasteiger charge is 2.59. The molecule has 0 spiro atoms. The predicted octanol–water partition coefficient (Wildman–Crippen LogP) is 3.78. The Bertz CT molecular complexity index is 820. The summed E-state index contributed by atoms with van der Waals surface area (Å²) in [6.07, 6.45) is -0.764. The molecule has 3 aliphatic rings. The van der Waals surface area contributed by atoms with Crippen molar-refractivity contribution in [3.05, 3.63) is 24.3 Å². The summed E-state index contributed by atoms with van der Waals surface area (Å²) in [5.41, 5.74) is 0.809. The molecule has 0 saturated carbocycles. The van der Waals surface area contributed by atoms with Gasteiger partial charge in [-0.3, -0.25) is 0 Å². The third kappa shape index (κ3) is 3.42. The van der Waals surface area contributed by atoms with Gasteiger partial charge in [-0.15, -0.1) is 11.3 Å². The molecule has 0 radical (unpaired) electrons. The Morgan fingerprint density at radius 2 is 1.78 bits per heavy atom. The molecular weight excluding hydrogens is 386 g/mol. The van der Waals surface area contributed by atoms with Crippen molar-refractivity contribution in [2.24, 2.45) is 0 Å². The van der Waals surface area contributed by atoms with Crippen LogP contribution in [-0.2, 0) is 23.7 Å². The molecule has 1 aromatic carbocycles. The molecule has 0 N–H and O–H groups in total. The van der Waals surface area contributed by atoms with E-state index in [0.717, 1.165) is 9.86 Å². The quantitative estimate of drug-likeness (QED) is 0.764. The first kappa shape index (κ1) is 18.3. The Morgan fingerprint density at radius 1 is 1.00 bits per heavy atom. The first-order chi connectivity index (χ1) is 12.8. The molecule has 146 valence electrons. The lowest BCUT2D eigenvalue weighted by Crippen LogP contribution is -2.40. The highest BCUT2D eigenvalue weighted by Crippen LogP contribution is 2.47. The van der Waals surface area contributed by atoms with Gasteiger partial charge in [-0.05, 0) is 39.8 Å². The Kier molecular flexibility index (Phi) is 4.33. The molecule has 2 aromatic rings. The van der Waals surface area contributed by atoms with Crippen molar-refractivity contribution in [2.75, 3.05) is 6.61 Å². The second kappa shape index (κ2) is 6.38. The number of nitrogens with zero attached hydrogens (tertiary/aromatic N) is 1. The summed E-state index contributed by atoms with van der Waals surface area (Å²) in [5.74, 6) is -1.24. The summed E-state index contributed by atoms with van der Waals surface area (Å²) in [5, 5.41) is 0. The largest absolute Gasteiger partial charge is 0.355 e. The van der Waals surface area contributed by atoms with Crippen molar-refractivity contribution in [3.8, 4) is 0 Å². The zero-order valence-electron chi connectivity index (χ0n) is 15.7. The van der Waals surface area contributed by atoms with Crippen molar-refractivity contribution in [2.45, 2.75) is 73.5 Å². The molecule has 0 bridgehead atoms. The molecule has 27 heavy (non-hydrogen) atoms. The summed E-state index contributed by atoms with van der Waals surface area (Å²) >= 11 is 3.27. The van der Waals surface area contributed by atoms with Crippen LogP contribution in [-0.4, -0.2) is 53.0 Å². The first-order valence-corrected chi connectivity index (χ1v) is 10.8. The van der Waals surface area contributed by atoms with E-state index in [9.17, 15) is 0 Å². The number of hydrogen-bond acceptors (Lipinski definition) is 8. The van der Waals surface area contributed by atoms with Gasteiger partial charge in [0.05, 0.1) is 16.8 Å². The molecule has 5 atom stereocenters. The van der Waals surface area contributed by atoms with E-state index in [1.165, 1.54) is 4.70 Å². The van der Waals surface area contributed by atoms with Crippen molar-refractivity contribution in [1.82, 2.24) is 4.98 Å². The van der Waals surface area contributed by atoms with Crippen LogP contribution in [0.3, 0.4) is 0 Å². The topological polar surface area (TPSA) is 59.0 Å². The van der Waals surface area contributed by atoms with Gasteiger partial charge in [0, 0.05) is 0 Å². The van der Waals surface area contributed by atoms with Crippen LogP contribution in [0.2, 0.25) is 0 Å². The number of hydrogen-bond donors (Lipinski definition) is 0. The molecule has 1 aromatic heterocycles. The number of benzene rings is 1. The Hall–Kier alpha value is -0.740. The molecule has 0 amide bonds. The van der Waals surface area contributed by atoms with E-state index in [0.29, 0.717) is 6.61 Å². The molecule has 5 unspecified atom stereocenters. The molecular formula is C19H23NO5S2. The van der Waals surface area contributed by atoms with Crippen LogP contribution in [0.15, 0.2) is 28.6 Å². The number of ether oxygens (including phenoxy) is 5. The standard InChI is InChI=1S/C19H23NO5S2/c1-18(2)21-9-11(23-18)13-14-15(25-19(3,4)24-14)16(22-13)27-17-20-10-7-5-6-8-12(10)26-17/h5-8,11,13-16H,9H2,1-4H3. The van der Waals surface area contributed by atoms with Crippen LogP contribution in [0.4, 0.5) is 0 Å². The van der Waals surface area contributed by atoms with Crippen LogP contribution in [0.5, 0.6) is 0 Å². The van der Waals surface area contributed by atoms with E-state index < -0.39 is 11.6 Å². The van der Waals surface area contributed by atoms with E-state index in [4.69, 9.17) is 28.7 Å². The van der Waals surface area contributed by atoms with E-state index in [-0.39, 0.29) is 29.9 Å². The minimum Gasteiger partial charge on any atom is -0.355 e. The Balaban J connectivity index is 1.39. The van der Waals surface area contributed by atoms with Crippen molar-refractivity contribution in [3.63, 3.8) is 0 Å². The second-order valence-corrected chi connectivity index (χ2v) is 10.3. The zero-order chi connectivity index (χ0) is 18.8. The number of para-hydroxylation sites is 1. The highest BCUT2D eigenvalue weighted by molar-refractivity contribution is 8.01. The van der Waals surface area contributed by atoms with Crippen LogP contribution < -0.4 is 0 Å². The van der Waals surface area contributed by atoms with Crippen LogP contribution in [0.25, 0.3) is 10.2 Å². The van der Waals surface area contributed by atoms with Crippen LogP contribution in [0.1, 0.15) is 27.7 Å². The second-order valence-electron chi connectivity index (χ2n) is 7.97. The minimum atomic E-state index is -0.640. The highest BCUT2D eigenvalue weighted by atomic mass is 32.2. The molecule has 8 heteroatoms. The Morgan fingerprint density at radius 3 is 2.52 bits per heavy atom. The van der Waals surface area contributed by atoms with Crippen molar-refractivity contribution >= 4 is 33.3 Å². The van der Waals surface area contributed by atoms with E-state index >= 15 is 0 Å². The number of fused-ring (bicyclic) bond motifs is 2. The summed E-state index contributed by atoms with van der Waals surface area (Å²) in [4.78, 5) is 4.72. The summed E-state index contributed by atoms with van der Waals surface area (Å²) < 4.78 is 32.7. The van der Waals surface area contributed by atoms with Gasteiger partial charge in [-0.2, -0.15) is 0 Å². The predicted molar refractivity (Wildman–Crippen MR) is 103 cm³/mol. The summed E-state index contributed by atoms with van der Waals surface area (Å²) in [7, 11) is 0. The molecule has 4 heterocycles. The number of aromatic nitrogens is 1. The normalized spacial score (nSPS) is 37.1. The molecule has 3 aliphatic heterocycles. The third-order valence-corrected chi connectivity index (χ3v) is 7.21. The molecule has 0 aliphatic carbocycles. The van der Waals surface area contributed by atoms with Crippen LogP contribution >= 0.6 is 23.1 Å². The van der Waals surface area contributed by atoms with E-state index in [1.807, 2.05) is 45.9 Å². The van der Waals surface area contributed by atoms with Gasteiger partial charge in [0.25, 0.3) is 0 Å². The molecule has 3 fully saturated rings. The summed E-state index contributed by atoms with van der Waals surface area (Å²) in [6.45, 7) is 8.21. The number of thioether (sulfide) groups is 1. The van der Waals surface area contributed by atoms with Crippen molar-refractivity contribution < 1.29 is 23.7 Å². The van der Waals surface area contributed by atoms with Crippen molar-refractivity contribution in [1.29, 1.82) is 0 Å². The maximum atomic E-state index is 6.37. The summed E-state index contributed by atoms with van der Waals surface area (Å²) in [6, 6.07) is 8.15. The SMILES string of the molecule is CC1(C)OCC(C2OC(Sc3nc4ccccc4s3)C3OC(C)(C)OC23)O1. The zero-order valence-corrected chi connectivity index (χ0v) is 17.3. The van der Waals surface area contributed by atoms with Gasteiger partial charge in [0.15, 0.2) is 15.9 Å². The molecule has 3 saturated heterocycles. The minimum absolute atomic E-state index is 0.172. The fourth-order valence-electron chi connectivity index (χ4n) is 3.86. The molecule has 5 rings (SSSR count). The van der Waals surface area contributed by atoms with Gasteiger partial charge in [0.1, 0.15) is 29.9 Å². The lowest BCUT2D eigenvalue weighted by molar-refractivity contribution is -0.198. The third-order valence-electron chi connectivity index (χ3n) is 4.93. The number of thiazole rings is 1. The number of rotatable bonds is 3. The van der Waals surface area contributed by atoms with E-state index in [1.54, 1.807) is 23.1 Å². The Labute approximate surface area is 166 Å². The van der Waals surface area contributed by atoms with Crippen LogP contribution in [0, 0.1) is 0 Å². The van der Waals surface area contributed by atoms with Gasteiger partial charge < -0.3 is 23.7 Å². The average Bonchev–Trinajstić information content (AvgIpc) is 3.30. The fraction of sp³-hybridized carbons (Fsp3) is 0.632. The monoisotopic (exact) mass is 409 g/mol. The lowest BCUT2D eigenvalue weighted by atomic mass is 10.1. The van der Waals surface area contributed by atoms with E-state index in [2.05, 4.69) is 6.07 Å². The average molecular weight is 410 g/mol. The van der Waals surface area contributed by atoms with Gasteiger partial charge in [0.2, 0.25) is 0 Å². The van der Waals surface area contributed by atoms with Gasteiger partial charge >= 0.3 is 0 Å². The first-order valence-electron chi connectivity index (χ1n) is 9.15. The lowest BCUT2D eigenvalue weighted by Gasteiger charge is -2.26. The fourth-order valence-corrected chi connectivity index (χ4v) is 6.19.